The quantitative estimate of drug-likeness (QED) is 0.787. The molecule has 1 aliphatic heterocycles. The second kappa shape index (κ2) is 6.52. The lowest BCUT2D eigenvalue weighted by molar-refractivity contribution is 0.413. The third-order valence-electron chi connectivity index (χ3n) is 3.52. The Morgan fingerprint density at radius 1 is 1.47 bits per heavy atom. The van der Waals surface area contributed by atoms with E-state index in [4.69, 9.17) is 5.73 Å². The summed E-state index contributed by atoms with van der Waals surface area (Å²) in [6, 6.07) is 2.01. The molecule has 3 N–H and O–H groups in total. The summed E-state index contributed by atoms with van der Waals surface area (Å²) in [6.45, 7) is 9.19. The van der Waals surface area contributed by atoms with Crippen molar-refractivity contribution < 1.29 is 0 Å². The normalized spacial score (nSPS) is 16.4. The number of nitrogens with zero attached hydrogens (tertiary/aromatic N) is 3. The Morgan fingerprint density at radius 3 is 2.84 bits per heavy atom. The van der Waals surface area contributed by atoms with Crippen LogP contribution in [0.25, 0.3) is 0 Å². The second-order valence-electron chi connectivity index (χ2n) is 4.99. The average Bonchev–Trinajstić information content (AvgIpc) is 2.44. The summed E-state index contributed by atoms with van der Waals surface area (Å²) in [4.78, 5) is 11.2. The fourth-order valence-electron chi connectivity index (χ4n) is 2.38. The van der Waals surface area contributed by atoms with Crippen molar-refractivity contribution in [2.24, 2.45) is 11.7 Å². The number of nitrogens with one attached hydrogen (secondary N) is 1. The van der Waals surface area contributed by atoms with Crippen molar-refractivity contribution >= 4 is 11.6 Å². The first-order chi connectivity index (χ1) is 9.22. The number of hydrogen-bond donors (Lipinski definition) is 2. The van der Waals surface area contributed by atoms with Crippen LogP contribution < -0.4 is 16.0 Å². The van der Waals surface area contributed by atoms with E-state index in [2.05, 4.69) is 26.8 Å². The Kier molecular flexibility index (Phi) is 4.74. The Labute approximate surface area is 114 Å². The number of aromatic nitrogens is 2. The molecule has 104 valence electrons. The van der Waals surface area contributed by atoms with Crippen molar-refractivity contribution in [3.63, 3.8) is 0 Å². The first-order valence-electron chi connectivity index (χ1n) is 6.88. The van der Waals surface area contributed by atoms with Crippen LogP contribution in [-0.2, 0) is 0 Å². The minimum absolute atomic E-state index is 0.664. The SMILES string of the molecule is C=CCNc1cc(N2CCC(CN)CC2)nc(C)n1. The molecule has 2 heterocycles. The van der Waals surface area contributed by atoms with Crippen LogP contribution in [0.5, 0.6) is 0 Å². The number of anilines is 2. The van der Waals surface area contributed by atoms with Crippen LogP contribution in [-0.4, -0.2) is 36.1 Å². The van der Waals surface area contributed by atoms with Crippen molar-refractivity contribution in [3.05, 3.63) is 24.5 Å². The molecule has 0 saturated carbocycles. The Hall–Kier alpha value is -1.62. The minimum Gasteiger partial charge on any atom is -0.366 e. The second-order valence-corrected chi connectivity index (χ2v) is 4.99. The fraction of sp³-hybridized carbons (Fsp3) is 0.571. The summed E-state index contributed by atoms with van der Waals surface area (Å²) in [5, 5.41) is 3.22. The first-order valence-corrected chi connectivity index (χ1v) is 6.88. The van der Waals surface area contributed by atoms with Gasteiger partial charge in [-0.25, -0.2) is 9.97 Å². The maximum atomic E-state index is 5.73. The Bertz CT molecular complexity index is 424. The van der Waals surface area contributed by atoms with Crippen molar-refractivity contribution in [2.45, 2.75) is 19.8 Å². The van der Waals surface area contributed by atoms with Crippen LogP contribution in [0, 0.1) is 12.8 Å². The van der Waals surface area contributed by atoms with Gasteiger partial charge in [0.2, 0.25) is 0 Å². The molecular formula is C14H23N5. The van der Waals surface area contributed by atoms with Crippen LogP contribution in [0.4, 0.5) is 11.6 Å². The topological polar surface area (TPSA) is 67.1 Å². The smallest absolute Gasteiger partial charge is 0.134 e. The highest BCUT2D eigenvalue weighted by molar-refractivity contribution is 5.49. The maximum Gasteiger partial charge on any atom is 0.134 e. The van der Waals surface area contributed by atoms with E-state index in [1.807, 2.05) is 19.1 Å². The molecule has 0 amide bonds. The molecule has 0 unspecified atom stereocenters. The molecule has 1 saturated heterocycles. The van der Waals surface area contributed by atoms with Crippen molar-refractivity contribution in [2.75, 3.05) is 36.4 Å². The van der Waals surface area contributed by atoms with Gasteiger partial charge in [-0.2, -0.15) is 0 Å². The van der Waals surface area contributed by atoms with Gasteiger partial charge in [-0.1, -0.05) is 6.08 Å². The van der Waals surface area contributed by atoms with E-state index in [-0.39, 0.29) is 0 Å². The van der Waals surface area contributed by atoms with E-state index in [1.165, 1.54) is 0 Å². The zero-order valence-electron chi connectivity index (χ0n) is 11.6. The third kappa shape index (κ3) is 3.67. The van der Waals surface area contributed by atoms with E-state index in [9.17, 15) is 0 Å². The zero-order valence-corrected chi connectivity index (χ0v) is 11.6. The van der Waals surface area contributed by atoms with Crippen LogP contribution in [0.1, 0.15) is 18.7 Å². The molecule has 1 aliphatic rings. The largest absolute Gasteiger partial charge is 0.366 e. The van der Waals surface area contributed by atoms with Gasteiger partial charge in [0, 0.05) is 25.7 Å². The Balaban J connectivity index is 2.07. The molecule has 5 nitrogen and oxygen atoms in total. The predicted molar refractivity (Wildman–Crippen MR) is 79.4 cm³/mol. The molecular weight excluding hydrogens is 238 g/mol. The third-order valence-corrected chi connectivity index (χ3v) is 3.52. The molecule has 1 aromatic heterocycles. The van der Waals surface area contributed by atoms with Crippen LogP contribution in [0.2, 0.25) is 0 Å². The molecule has 19 heavy (non-hydrogen) atoms. The van der Waals surface area contributed by atoms with Gasteiger partial charge in [0.1, 0.15) is 17.5 Å². The highest BCUT2D eigenvalue weighted by Gasteiger charge is 2.19. The zero-order chi connectivity index (χ0) is 13.7. The summed E-state index contributed by atoms with van der Waals surface area (Å²) < 4.78 is 0. The molecule has 1 aromatic rings. The summed E-state index contributed by atoms with van der Waals surface area (Å²) in [5.41, 5.74) is 5.73. The number of rotatable bonds is 5. The van der Waals surface area contributed by atoms with Crippen LogP contribution >= 0.6 is 0 Å². The van der Waals surface area contributed by atoms with Gasteiger partial charge in [0.05, 0.1) is 0 Å². The summed E-state index contributed by atoms with van der Waals surface area (Å²) in [7, 11) is 0. The summed E-state index contributed by atoms with van der Waals surface area (Å²) in [6.07, 6.45) is 4.12. The standard InChI is InChI=1S/C14H23N5/c1-3-6-16-13-9-14(18-11(2)17-13)19-7-4-12(10-15)5-8-19/h3,9,12H,1,4-8,10,15H2,2H3,(H,16,17,18). The van der Waals surface area contributed by atoms with E-state index in [0.29, 0.717) is 12.5 Å². The number of piperidine rings is 1. The molecule has 0 aromatic carbocycles. The van der Waals surface area contributed by atoms with Crippen molar-refractivity contribution in [1.82, 2.24) is 9.97 Å². The van der Waals surface area contributed by atoms with Crippen molar-refractivity contribution in [3.8, 4) is 0 Å². The van der Waals surface area contributed by atoms with E-state index in [0.717, 1.165) is 49.9 Å². The minimum atomic E-state index is 0.664. The molecule has 0 radical (unpaired) electrons. The summed E-state index contributed by atoms with van der Waals surface area (Å²) >= 11 is 0. The molecule has 0 spiro atoms. The molecule has 5 heteroatoms. The highest BCUT2D eigenvalue weighted by atomic mass is 15.2. The van der Waals surface area contributed by atoms with E-state index in [1.54, 1.807) is 0 Å². The maximum absolute atomic E-state index is 5.73. The highest BCUT2D eigenvalue weighted by Crippen LogP contribution is 2.22. The summed E-state index contributed by atoms with van der Waals surface area (Å²) in [5.74, 6) is 3.33. The van der Waals surface area contributed by atoms with Crippen LogP contribution in [0.3, 0.4) is 0 Å². The molecule has 1 fully saturated rings. The Morgan fingerprint density at radius 2 is 2.21 bits per heavy atom. The lowest BCUT2D eigenvalue weighted by Gasteiger charge is -2.32. The molecule has 0 atom stereocenters. The number of nitrogens with two attached hydrogens (primary N) is 1. The van der Waals surface area contributed by atoms with Gasteiger partial charge < -0.3 is 16.0 Å². The number of aryl methyl sites for hydroxylation is 1. The molecule has 2 rings (SSSR count). The predicted octanol–water partition coefficient (Wildman–Crippen LogP) is 1.56. The van der Waals surface area contributed by atoms with Gasteiger partial charge in [0.15, 0.2) is 0 Å². The average molecular weight is 261 g/mol. The molecule has 0 aliphatic carbocycles. The number of hydrogen-bond acceptors (Lipinski definition) is 5. The van der Waals surface area contributed by atoms with Gasteiger partial charge in [-0.05, 0) is 32.2 Å². The lowest BCUT2D eigenvalue weighted by atomic mass is 9.97. The monoisotopic (exact) mass is 261 g/mol. The molecule has 0 bridgehead atoms. The van der Waals surface area contributed by atoms with Crippen LogP contribution in [0.15, 0.2) is 18.7 Å². The van der Waals surface area contributed by atoms with Crippen molar-refractivity contribution in [1.29, 1.82) is 0 Å². The van der Waals surface area contributed by atoms with E-state index >= 15 is 0 Å². The lowest BCUT2D eigenvalue weighted by Crippen LogP contribution is -2.36. The first kappa shape index (κ1) is 13.8. The van der Waals surface area contributed by atoms with Gasteiger partial charge >= 0.3 is 0 Å². The van der Waals surface area contributed by atoms with Gasteiger partial charge in [-0.3, -0.25) is 0 Å². The van der Waals surface area contributed by atoms with E-state index < -0.39 is 0 Å². The van der Waals surface area contributed by atoms with Gasteiger partial charge in [0.25, 0.3) is 0 Å². The fourth-order valence-corrected chi connectivity index (χ4v) is 2.38. The van der Waals surface area contributed by atoms with Gasteiger partial charge in [-0.15, -0.1) is 6.58 Å².